The summed E-state index contributed by atoms with van der Waals surface area (Å²) >= 11 is 0. The first kappa shape index (κ1) is 15.9. The van der Waals surface area contributed by atoms with Crippen LogP contribution in [0.3, 0.4) is 0 Å². The topological polar surface area (TPSA) is 32.8 Å². The van der Waals surface area contributed by atoms with Crippen molar-refractivity contribution in [3.05, 3.63) is 30.1 Å². The van der Waals surface area contributed by atoms with Gasteiger partial charge in [0.2, 0.25) is 5.91 Å². The van der Waals surface area contributed by atoms with Crippen molar-refractivity contribution in [1.29, 1.82) is 0 Å². The highest BCUT2D eigenvalue weighted by Crippen LogP contribution is 2.34. The molecule has 0 unspecified atom stereocenters. The molecule has 130 valence electrons. The first-order chi connectivity index (χ1) is 11.7. The van der Waals surface area contributed by atoms with Gasteiger partial charge in [-0.15, -0.1) is 0 Å². The quantitative estimate of drug-likeness (QED) is 0.853. The zero-order chi connectivity index (χ0) is 16.5. The highest BCUT2D eigenvalue weighted by atomic mass is 19.1. The van der Waals surface area contributed by atoms with Crippen molar-refractivity contribution in [3.8, 4) is 0 Å². The Bertz CT molecular complexity index is 588. The summed E-state index contributed by atoms with van der Waals surface area (Å²) in [5, 5.41) is 0. The molecule has 2 saturated heterocycles. The van der Waals surface area contributed by atoms with Gasteiger partial charge in [-0.25, -0.2) is 4.39 Å². The normalized spacial score (nSPS) is 27.5. The fourth-order valence-corrected chi connectivity index (χ4v) is 4.04. The van der Waals surface area contributed by atoms with Crippen molar-refractivity contribution in [2.24, 2.45) is 11.8 Å². The van der Waals surface area contributed by atoms with Crippen LogP contribution in [0.2, 0.25) is 0 Å². The number of benzene rings is 1. The Morgan fingerprint density at radius 3 is 2.71 bits per heavy atom. The van der Waals surface area contributed by atoms with E-state index in [1.54, 1.807) is 0 Å². The van der Waals surface area contributed by atoms with Gasteiger partial charge < -0.3 is 14.5 Å². The fraction of sp³-hybridized carbons (Fsp3) is 0.632. The third kappa shape index (κ3) is 3.41. The predicted octanol–water partition coefficient (Wildman–Crippen LogP) is 2.68. The molecule has 1 aromatic carbocycles. The molecular formula is C19H25FN2O2. The Labute approximate surface area is 142 Å². The van der Waals surface area contributed by atoms with Gasteiger partial charge in [-0.1, -0.05) is 0 Å². The molecule has 3 fully saturated rings. The van der Waals surface area contributed by atoms with E-state index in [1.165, 1.54) is 25.0 Å². The van der Waals surface area contributed by atoms with E-state index in [-0.39, 0.29) is 5.82 Å². The smallest absolute Gasteiger partial charge is 0.222 e. The van der Waals surface area contributed by atoms with Gasteiger partial charge >= 0.3 is 0 Å². The third-order valence-electron chi connectivity index (χ3n) is 5.57. The molecule has 0 aromatic heterocycles. The molecule has 4 rings (SSSR count). The van der Waals surface area contributed by atoms with Gasteiger partial charge in [-0.2, -0.15) is 0 Å². The van der Waals surface area contributed by atoms with Crippen LogP contribution in [0.15, 0.2) is 24.3 Å². The number of likely N-dealkylation sites (tertiary alicyclic amines) is 1. The monoisotopic (exact) mass is 332 g/mol. The van der Waals surface area contributed by atoms with E-state index < -0.39 is 0 Å². The fourth-order valence-electron chi connectivity index (χ4n) is 4.04. The summed E-state index contributed by atoms with van der Waals surface area (Å²) in [6.07, 6.45) is 4.11. The number of amides is 1. The lowest BCUT2D eigenvalue weighted by atomic mass is 9.90. The van der Waals surface area contributed by atoms with Crippen molar-refractivity contribution >= 4 is 11.6 Å². The minimum Gasteiger partial charge on any atom is -0.379 e. The molecule has 0 bridgehead atoms. The van der Waals surface area contributed by atoms with Gasteiger partial charge in [0.15, 0.2) is 0 Å². The zero-order valence-corrected chi connectivity index (χ0v) is 14.0. The van der Waals surface area contributed by atoms with Gasteiger partial charge in [-0.05, 0) is 49.4 Å². The molecule has 0 radical (unpaired) electrons. The van der Waals surface area contributed by atoms with E-state index in [1.807, 2.05) is 17.0 Å². The van der Waals surface area contributed by atoms with E-state index in [4.69, 9.17) is 4.74 Å². The molecule has 2 heterocycles. The Kier molecular flexibility index (Phi) is 4.44. The van der Waals surface area contributed by atoms with Crippen molar-refractivity contribution in [2.75, 3.05) is 37.7 Å². The number of carbonyl (C=O) groups excluding carboxylic acids is 1. The Hall–Kier alpha value is -1.62. The first-order valence-electron chi connectivity index (χ1n) is 9.08. The number of anilines is 1. The van der Waals surface area contributed by atoms with Crippen LogP contribution in [0.1, 0.15) is 25.7 Å². The molecule has 5 heteroatoms. The van der Waals surface area contributed by atoms with Gasteiger partial charge in [0.25, 0.3) is 0 Å². The number of piperidine rings is 1. The largest absolute Gasteiger partial charge is 0.379 e. The average molecular weight is 332 g/mol. The van der Waals surface area contributed by atoms with Crippen LogP contribution in [0, 0.1) is 17.7 Å². The number of rotatable bonds is 3. The highest BCUT2D eigenvalue weighted by molar-refractivity contribution is 5.77. The summed E-state index contributed by atoms with van der Waals surface area (Å²) in [7, 11) is 0. The summed E-state index contributed by atoms with van der Waals surface area (Å²) in [6.45, 7) is 3.82. The van der Waals surface area contributed by atoms with Crippen molar-refractivity contribution in [3.63, 3.8) is 0 Å². The molecule has 3 aliphatic rings. The van der Waals surface area contributed by atoms with E-state index in [0.717, 1.165) is 38.2 Å². The van der Waals surface area contributed by atoms with E-state index in [2.05, 4.69) is 4.90 Å². The van der Waals surface area contributed by atoms with Crippen LogP contribution < -0.4 is 4.90 Å². The second kappa shape index (κ2) is 6.71. The summed E-state index contributed by atoms with van der Waals surface area (Å²) in [5.41, 5.74) is 1.05. The van der Waals surface area contributed by atoms with Crippen molar-refractivity contribution in [1.82, 2.24) is 4.90 Å². The second-order valence-corrected chi connectivity index (χ2v) is 7.35. The Balaban J connectivity index is 1.47. The maximum absolute atomic E-state index is 13.2. The number of carbonyl (C=O) groups is 1. The number of nitrogens with zero attached hydrogens (tertiary/aromatic N) is 2. The highest BCUT2D eigenvalue weighted by Gasteiger charge is 2.37. The summed E-state index contributed by atoms with van der Waals surface area (Å²) in [6, 6.07) is 7.10. The zero-order valence-electron chi connectivity index (χ0n) is 14.0. The molecule has 2 atom stereocenters. The van der Waals surface area contributed by atoms with Crippen LogP contribution >= 0.6 is 0 Å². The molecule has 1 aliphatic carbocycles. The van der Waals surface area contributed by atoms with Gasteiger partial charge in [0.1, 0.15) is 5.82 Å². The third-order valence-corrected chi connectivity index (χ3v) is 5.57. The van der Waals surface area contributed by atoms with Gasteiger partial charge in [-0.3, -0.25) is 4.79 Å². The lowest BCUT2D eigenvalue weighted by Gasteiger charge is -2.43. The molecule has 24 heavy (non-hydrogen) atoms. The van der Waals surface area contributed by atoms with Gasteiger partial charge in [0.05, 0.1) is 13.2 Å². The van der Waals surface area contributed by atoms with Gasteiger partial charge in [0, 0.05) is 43.7 Å². The van der Waals surface area contributed by atoms with Crippen LogP contribution in [0.4, 0.5) is 10.1 Å². The summed E-state index contributed by atoms with van der Waals surface area (Å²) in [4.78, 5) is 16.8. The number of hydrogen-bond acceptors (Lipinski definition) is 3. The molecule has 1 amide bonds. The molecule has 0 spiro atoms. The first-order valence-corrected chi connectivity index (χ1v) is 9.08. The Morgan fingerprint density at radius 1 is 1.17 bits per heavy atom. The minimum atomic E-state index is -0.207. The number of halogens is 1. The lowest BCUT2D eigenvalue weighted by Crippen LogP contribution is -2.53. The maximum Gasteiger partial charge on any atom is 0.222 e. The number of hydrogen-bond donors (Lipinski definition) is 0. The minimum absolute atomic E-state index is 0.207. The van der Waals surface area contributed by atoms with Crippen LogP contribution in [0.25, 0.3) is 0 Å². The van der Waals surface area contributed by atoms with Crippen LogP contribution in [-0.2, 0) is 9.53 Å². The lowest BCUT2D eigenvalue weighted by molar-refractivity contribution is -0.134. The summed E-state index contributed by atoms with van der Waals surface area (Å²) in [5.74, 6) is 1.07. The van der Waals surface area contributed by atoms with E-state index >= 15 is 0 Å². The van der Waals surface area contributed by atoms with E-state index in [0.29, 0.717) is 37.0 Å². The molecule has 2 aliphatic heterocycles. The number of ether oxygens (including phenoxy) is 1. The number of fused-ring (bicyclic) bond motifs is 1. The standard InChI is InChI=1S/C19H25FN2O2/c20-16-3-5-17(6-4-16)22-9-10-24-13-15-12-21(8-7-18(15)22)19(23)11-14-1-2-14/h3-6,14-15,18H,1-2,7-13H2/t15-,18+/m1/s1. The average Bonchev–Trinajstić information content (AvgIpc) is 3.41. The maximum atomic E-state index is 13.2. The second-order valence-electron chi connectivity index (χ2n) is 7.35. The van der Waals surface area contributed by atoms with Crippen LogP contribution in [-0.4, -0.2) is 49.7 Å². The van der Waals surface area contributed by atoms with Crippen molar-refractivity contribution < 1.29 is 13.9 Å². The Morgan fingerprint density at radius 2 is 1.96 bits per heavy atom. The molecule has 1 saturated carbocycles. The predicted molar refractivity (Wildman–Crippen MR) is 90.4 cm³/mol. The van der Waals surface area contributed by atoms with E-state index in [9.17, 15) is 9.18 Å². The van der Waals surface area contributed by atoms with Crippen LogP contribution in [0.5, 0.6) is 0 Å². The molecule has 4 nitrogen and oxygen atoms in total. The molecule has 1 aromatic rings. The summed E-state index contributed by atoms with van der Waals surface area (Å²) < 4.78 is 19.0. The molecular weight excluding hydrogens is 307 g/mol. The molecule has 0 N–H and O–H groups in total. The van der Waals surface area contributed by atoms with Crippen molar-refractivity contribution in [2.45, 2.75) is 31.7 Å². The SMILES string of the molecule is O=C(CC1CC1)N1CC[C@H]2[C@@H](COCCN2c2ccc(F)cc2)C1.